The van der Waals surface area contributed by atoms with Gasteiger partial charge in [-0.15, -0.1) is 11.3 Å². The lowest BCUT2D eigenvalue weighted by Gasteiger charge is -2.31. The minimum Gasteiger partial charge on any atom is -0.506 e. The first-order valence-corrected chi connectivity index (χ1v) is 11.6. The van der Waals surface area contributed by atoms with E-state index in [2.05, 4.69) is 43.4 Å². The van der Waals surface area contributed by atoms with Crippen molar-refractivity contribution >= 4 is 40.3 Å². The van der Waals surface area contributed by atoms with Gasteiger partial charge in [-0.25, -0.2) is 0 Å². The molecule has 1 saturated heterocycles. The molecule has 166 valence electrons. The number of likely N-dealkylation sites (tertiary alicyclic amines) is 1. The van der Waals surface area contributed by atoms with Crippen LogP contribution < -0.4 is 5.43 Å². The Hall–Kier alpha value is -2.45. The van der Waals surface area contributed by atoms with Crippen LogP contribution in [0.1, 0.15) is 51.7 Å². The summed E-state index contributed by atoms with van der Waals surface area (Å²) in [5.74, 6) is -0.836. The lowest BCUT2D eigenvalue weighted by Crippen LogP contribution is -2.44. The summed E-state index contributed by atoms with van der Waals surface area (Å²) in [4.78, 5) is 13.8. The molecule has 3 rings (SSSR count). The van der Waals surface area contributed by atoms with Crippen molar-refractivity contribution in [1.82, 2.24) is 10.3 Å². The highest BCUT2D eigenvalue weighted by Gasteiger charge is 2.25. The van der Waals surface area contributed by atoms with Crippen molar-refractivity contribution in [3.8, 4) is 16.2 Å². The third-order valence-electron chi connectivity index (χ3n) is 5.62. The van der Waals surface area contributed by atoms with Gasteiger partial charge < -0.3 is 15.1 Å². The quantitative estimate of drug-likeness (QED) is 0.346. The number of thiocarbonyl (C=S) groups is 1. The zero-order valence-corrected chi connectivity index (χ0v) is 19.9. The van der Waals surface area contributed by atoms with Gasteiger partial charge in [0.15, 0.2) is 5.11 Å². The average Bonchev–Trinajstić information content (AvgIpc) is 3.12. The van der Waals surface area contributed by atoms with E-state index in [1.165, 1.54) is 16.9 Å². The summed E-state index contributed by atoms with van der Waals surface area (Å²) in [6.07, 6.45) is 1.14. The predicted octanol–water partition coefficient (Wildman–Crippen LogP) is 4.81. The number of carboxylic acids is 1. The lowest BCUT2D eigenvalue weighted by molar-refractivity contribution is -0.143. The molecule has 8 heteroatoms. The number of thiophene rings is 1. The fourth-order valence-corrected chi connectivity index (χ4v) is 4.77. The molecule has 0 atom stereocenters. The summed E-state index contributed by atoms with van der Waals surface area (Å²) in [6, 6.07) is 8.28. The van der Waals surface area contributed by atoms with E-state index >= 15 is 0 Å². The molecule has 0 saturated carbocycles. The summed E-state index contributed by atoms with van der Waals surface area (Å²) in [5.41, 5.74) is 6.48. The first-order valence-electron chi connectivity index (χ1n) is 10.3. The highest BCUT2D eigenvalue weighted by molar-refractivity contribution is 7.80. The summed E-state index contributed by atoms with van der Waals surface area (Å²) in [6.45, 7) is 9.53. The second kappa shape index (κ2) is 9.36. The zero-order valence-electron chi connectivity index (χ0n) is 18.3. The fourth-order valence-electron chi connectivity index (χ4n) is 3.53. The normalized spacial score (nSPS) is 15.7. The van der Waals surface area contributed by atoms with Gasteiger partial charge in [-0.05, 0) is 48.5 Å². The number of hydrazone groups is 1. The smallest absolute Gasteiger partial charge is 0.306 e. The zero-order chi connectivity index (χ0) is 22.8. The number of hydrogen-bond acceptors (Lipinski definition) is 5. The van der Waals surface area contributed by atoms with Crippen LogP contribution in [0.2, 0.25) is 0 Å². The molecule has 1 aromatic carbocycles. The third-order valence-corrected chi connectivity index (χ3v) is 6.99. The number of rotatable bonds is 4. The number of benzene rings is 1. The van der Waals surface area contributed by atoms with Gasteiger partial charge in [0.05, 0.1) is 22.1 Å². The summed E-state index contributed by atoms with van der Waals surface area (Å²) in [5, 5.41) is 26.6. The van der Waals surface area contributed by atoms with Gasteiger partial charge in [0.1, 0.15) is 5.75 Å². The molecule has 1 aromatic heterocycles. The monoisotopic (exact) mass is 459 g/mol. The first kappa shape index (κ1) is 23.2. The molecule has 0 amide bonds. The number of carboxylic acid groups (broad SMARTS) is 1. The van der Waals surface area contributed by atoms with Crippen LogP contribution in [-0.2, 0) is 10.2 Å². The molecular formula is C23H29N3O3S2. The van der Waals surface area contributed by atoms with Crippen molar-refractivity contribution in [2.24, 2.45) is 11.0 Å². The van der Waals surface area contributed by atoms with Crippen LogP contribution in [-0.4, -0.2) is 45.0 Å². The summed E-state index contributed by atoms with van der Waals surface area (Å²) in [7, 11) is 0. The average molecular weight is 460 g/mol. The molecule has 1 aliphatic rings. The van der Waals surface area contributed by atoms with Crippen molar-refractivity contribution in [3.05, 3.63) is 40.8 Å². The lowest BCUT2D eigenvalue weighted by atomic mass is 9.86. The summed E-state index contributed by atoms with van der Waals surface area (Å²) < 4.78 is 0. The number of nitrogens with one attached hydrogen (secondary N) is 1. The molecule has 3 N–H and O–H groups in total. The molecule has 0 radical (unpaired) electrons. The van der Waals surface area contributed by atoms with E-state index in [9.17, 15) is 9.90 Å². The van der Waals surface area contributed by atoms with Gasteiger partial charge in [0, 0.05) is 18.5 Å². The number of hydrogen-bond donors (Lipinski definition) is 3. The maximum atomic E-state index is 11.1. The Bertz CT molecular complexity index is 982. The molecule has 2 aromatic rings. The highest BCUT2D eigenvalue weighted by atomic mass is 32.1. The Morgan fingerprint density at radius 3 is 2.39 bits per heavy atom. The minimum absolute atomic E-state index is 0.0808. The van der Waals surface area contributed by atoms with E-state index in [0.717, 1.165) is 10.4 Å². The largest absolute Gasteiger partial charge is 0.506 e. The molecule has 1 fully saturated rings. The van der Waals surface area contributed by atoms with Gasteiger partial charge in [0.25, 0.3) is 0 Å². The molecule has 0 spiro atoms. The molecular weight excluding hydrogens is 430 g/mol. The van der Waals surface area contributed by atoms with E-state index in [4.69, 9.17) is 17.3 Å². The van der Waals surface area contributed by atoms with Crippen molar-refractivity contribution in [1.29, 1.82) is 0 Å². The van der Waals surface area contributed by atoms with Gasteiger partial charge >= 0.3 is 5.97 Å². The van der Waals surface area contributed by atoms with E-state index in [-0.39, 0.29) is 17.1 Å². The number of carbonyl (C=O) groups is 1. The first-order chi connectivity index (χ1) is 14.6. The van der Waals surface area contributed by atoms with E-state index in [1.54, 1.807) is 0 Å². The molecule has 0 bridgehead atoms. The van der Waals surface area contributed by atoms with Crippen molar-refractivity contribution in [3.63, 3.8) is 0 Å². The Kier molecular flexibility index (Phi) is 7.01. The number of nitrogens with zero attached hydrogens (tertiary/aromatic N) is 2. The number of piperidine rings is 1. The van der Waals surface area contributed by atoms with Gasteiger partial charge in [-0.3, -0.25) is 10.2 Å². The van der Waals surface area contributed by atoms with Crippen LogP contribution in [0.25, 0.3) is 10.4 Å². The van der Waals surface area contributed by atoms with Gasteiger partial charge in [-0.2, -0.15) is 5.10 Å². The van der Waals surface area contributed by atoms with Gasteiger partial charge in [-0.1, -0.05) is 45.0 Å². The minimum atomic E-state index is -0.746. The van der Waals surface area contributed by atoms with Crippen LogP contribution in [0.4, 0.5) is 0 Å². The Balaban J connectivity index is 1.67. The number of aliphatic carboxylic acids is 1. The maximum Gasteiger partial charge on any atom is 0.306 e. The molecule has 2 heterocycles. The third kappa shape index (κ3) is 5.43. The van der Waals surface area contributed by atoms with Crippen molar-refractivity contribution in [2.45, 2.75) is 46.0 Å². The fraction of sp³-hybridized carbons (Fsp3) is 0.435. The molecule has 0 unspecified atom stereocenters. The van der Waals surface area contributed by atoms with Crippen LogP contribution in [0.15, 0.2) is 34.7 Å². The molecule has 31 heavy (non-hydrogen) atoms. The molecule has 6 nitrogen and oxygen atoms in total. The van der Waals surface area contributed by atoms with E-state index in [1.807, 2.05) is 29.3 Å². The maximum absolute atomic E-state index is 11.1. The van der Waals surface area contributed by atoms with Crippen LogP contribution in [0.3, 0.4) is 0 Å². The van der Waals surface area contributed by atoms with Crippen LogP contribution >= 0.6 is 23.6 Å². The standard InChI is InChI=1S/C23H29N3O3S2/c1-14(24-25-22(30)26-11-9-16(10-12-26)21(28)29)18-13-31-20(19(18)27)15-5-7-17(8-6-15)23(2,3)4/h5-8,13,16,27H,9-12H2,1-4H3,(H,25,30)(H,28,29)/b24-14-. The van der Waals surface area contributed by atoms with Gasteiger partial charge in [0.2, 0.25) is 0 Å². The topological polar surface area (TPSA) is 85.2 Å². The second-order valence-corrected chi connectivity index (χ2v) is 10.1. The number of aromatic hydroxyl groups is 1. The van der Waals surface area contributed by atoms with Crippen LogP contribution in [0.5, 0.6) is 5.75 Å². The molecule has 0 aliphatic carbocycles. The predicted molar refractivity (Wildman–Crippen MR) is 130 cm³/mol. The van der Waals surface area contributed by atoms with Crippen molar-refractivity contribution in [2.75, 3.05) is 13.1 Å². The Morgan fingerprint density at radius 2 is 1.84 bits per heavy atom. The second-order valence-electron chi connectivity index (χ2n) is 8.87. The summed E-state index contributed by atoms with van der Waals surface area (Å²) >= 11 is 6.88. The van der Waals surface area contributed by atoms with Crippen LogP contribution in [0, 0.1) is 5.92 Å². The Labute approximate surface area is 192 Å². The van der Waals surface area contributed by atoms with E-state index in [0.29, 0.717) is 42.3 Å². The SMILES string of the molecule is C/C(=N/NC(=S)N1CCC(C(=O)O)CC1)c1csc(-c2ccc(C(C)(C)C)cc2)c1O. The van der Waals surface area contributed by atoms with E-state index < -0.39 is 5.97 Å². The Morgan fingerprint density at radius 1 is 1.23 bits per heavy atom. The molecule has 1 aliphatic heterocycles. The highest BCUT2D eigenvalue weighted by Crippen LogP contribution is 2.39. The van der Waals surface area contributed by atoms with Crippen molar-refractivity contribution < 1.29 is 15.0 Å².